The number of hydrogen-bond acceptors (Lipinski definition) is 1. The molecule has 0 fully saturated rings. The van der Waals surface area contributed by atoms with Crippen molar-refractivity contribution >= 4 is 125 Å². The van der Waals surface area contributed by atoms with E-state index in [1.54, 1.807) is 0 Å². The third-order valence-electron chi connectivity index (χ3n) is 13.8. The summed E-state index contributed by atoms with van der Waals surface area (Å²) in [5.41, 5.74) is 7.33. The van der Waals surface area contributed by atoms with Gasteiger partial charge in [-0.25, -0.2) is 0 Å². The minimum Gasteiger partial charge on any atom is -0.309 e. The van der Waals surface area contributed by atoms with Crippen LogP contribution < -0.4 is 20.7 Å². The quantitative estimate of drug-likeness (QED) is 0.0898. The minimum atomic E-state index is -2.96. The zero-order valence-corrected chi connectivity index (χ0v) is 35.4. The molecule has 0 amide bonds. The summed E-state index contributed by atoms with van der Waals surface area (Å²) in [5.74, 6) is 0. The molecule has 4 heteroatoms. The number of nitrogens with zero attached hydrogens (tertiary/aromatic N) is 2. The molecule has 14 aromatic rings. The Hall–Kier alpha value is -7.50. The first-order valence-electron chi connectivity index (χ1n) is 21.4. The van der Waals surface area contributed by atoms with Gasteiger partial charge in [0.15, 0.2) is 8.07 Å². The van der Waals surface area contributed by atoms with Gasteiger partial charge < -0.3 is 9.13 Å². The fraction of sp³-hybridized carbons (Fsp3) is 0. The van der Waals surface area contributed by atoms with Crippen molar-refractivity contribution in [3.8, 4) is 11.4 Å². The van der Waals surface area contributed by atoms with Gasteiger partial charge in [0.05, 0.1) is 22.1 Å². The Balaban J connectivity index is 1.02. The molecule has 3 aromatic heterocycles. The Morgan fingerprint density at radius 1 is 0.290 bits per heavy atom. The summed E-state index contributed by atoms with van der Waals surface area (Å²) in [4.78, 5) is 0. The maximum atomic E-state index is 2.53. The first-order valence-corrected chi connectivity index (χ1v) is 24.2. The molecular weight excluding hydrogens is 785 g/mol. The van der Waals surface area contributed by atoms with Crippen LogP contribution in [0.5, 0.6) is 0 Å². The second-order valence-electron chi connectivity index (χ2n) is 16.8. The van der Waals surface area contributed by atoms with Crippen molar-refractivity contribution in [2.75, 3.05) is 0 Å². The van der Waals surface area contributed by atoms with Crippen molar-refractivity contribution in [2.45, 2.75) is 0 Å². The molecule has 0 atom stereocenters. The summed E-state index contributed by atoms with van der Waals surface area (Å²) in [6, 6.07) is 82.8. The topological polar surface area (TPSA) is 9.86 Å². The monoisotopic (exact) mass is 820 g/mol. The van der Waals surface area contributed by atoms with E-state index in [9.17, 15) is 0 Å². The van der Waals surface area contributed by atoms with Gasteiger partial charge in [0.25, 0.3) is 0 Å². The Morgan fingerprint density at radius 2 is 0.694 bits per heavy atom. The van der Waals surface area contributed by atoms with E-state index in [4.69, 9.17) is 0 Å². The van der Waals surface area contributed by atoms with Crippen molar-refractivity contribution in [1.82, 2.24) is 9.13 Å². The van der Waals surface area contributed by atoms with E-state index in [0.29, 0.717) is 0 Å². The summed E-state index contributed by atoms with van der Waals surface area (Å²) >= 11 is 1.89. The van der Waals surface area contributed by atoms with Gasteiger partial charge in [-0.15, -0.1) is 11.3 Å². The molecule has 0 radical (unpaired) electrons. The van der Waals surface area contributed by atoms with E-state index in [2.05, 4.69) is 228 Å². The summed E-state index contributed by atoms with van der Waals surface area (Å²) in [6.45, 7) is 0. The summed E-state index contributed by atoms with van der Waals surface area (Å²) in [5, 5.41) is 18.6. The smallest absolute Gasteiger partial charge is 0.179 e. The predicted octanol–water partition coefficient (Wildman–Crippen LogP) is 12.8. The van der Waals surface area contributed by atoms with E-state index < -0.39 is 8.07 Å². The zero-order chi connectivity index (χ0) is 40.5. The normalized spacial score (nSPS) is 12.5. The van der Waals surface area contributed by atoms with Crippen molar-refractivity contribution in [3.63, 3.8) is 0 Å². The number of rotatable bonds is 6. The van der Waals surface area contributed by atoms with Gasteiger partial charge in [-0.3, -0.25) is 0 Å². The maximum Gasteiger partial charge on any atom is 0.179 e. The third-order valence-corrected chi connectivity index (χ3v) is 19.7. The summed E-state index contributed by atoms with van der Waals surface area (Å²) < 4.78 is 7.58. The molecule has 0 saturated carbocycles. The molecule has 14 rings (SSSR count). The highest BCUT2D eigenvalue weighted by Crippen LogP contribution is 2.40. The minimum absolute atomic E-state index is 1.17. The molecule has 0 aliphatic heterocycles. The van der Waals surface area contributed by atoms with Crippen molar-refractivity contribution in [3.05, 3.63) is 218 Å². The van der Waals surface area contributed by atoms with E-state index in [1.165, 1.54) is 117 Å². The van der Waals surface area contributed by atoms with Gasteiger partial charge in [0.1, 0.15) is 0 Å². The predicted molar refractivity (Wildman–Crippen MR) is 269 cm³/mol. The highest BCUT2D eigenvalue weighted by atomic mass is 32.1. The number of fused-ring (bicyclic) bond motifs is 3. The van der Waals surface area contributed by atoms with Crippen LogP contribution in [0.15, 0.2) is 218 Å². The van der Waals surface area contributed by atoms with Crippen LogP contribution in [0.2, 0.25) is 0 Å². The standard InChI is InChI=1S/C58H36N2SSi/c1-2-14-43(15-3-1)62(46-34-35-54-48(36-46)47-16-4-5-21-53(47)61-54,44-30-26-41(27-31-44)59-49-17-6-10-37-22-23-38-11-7-18-50(59)56(38)55(37)49)45-32-28-42(29-33-45)60-51-19-8-12-39-24-25-40-13-9-20-52(60)58(40)57(39)51/h1-36H. The Bertz CT molecular complexity index is 3700. The average molecular weight is 821 g/mol. The van der Waals surface area contributed by atoms with Gasteiger partial charge in [-0.2, -0.15) is 0 Å². The van der Waals surface area contributed by atoms with Crippen LogP contribution >= 0.6 is 11.3 Å². The second-order valence-corrected chi connectivity index (χ2v) is 21.7. The Kier molecular flexibility index (Phi) is 7.04. The average Bonchev–Trinajstić information content (AvgIpc) is 4.00. The molecule has 0 aliphatic rings. The largest absolute Gasteiger partial charge is 0.309 e. The highest BCUT2D eigenvalue weighted by Gasteiger charge is 2.42. The lowest BCUT2D eigenvalue weighted by molar-refractivity contribution is 1.18. The molecule has 0 saturated heterocycles. The van der Waals surface area contributed by atoms with Crippen LogP contribution in [0, 0.1) is 0 Å². The number of aromatic nitrogens is 2. The number of hydrogen-bond donors (Lipinski definition) is 0. The molecule has 2 nitrogen and oxygen atoms in total. The van der Waals surface area contributed by atoms with Crippen molar-refractivity contribution in [2.24, 2.45) is 0 Å². The molecule has 3 heterocycles. The fourth-order valence-corrected chi connectivity index (χ4v) is 17.0. The lowest BCUT2D eigenvalue weighted by Crippen LogP contribution is -2.74. The Morgan fingerprint density at radius 3 is 1.18 bits per heavy atom. The lowest BCUT2D eigenvalue weighted by atomic mass is 10.0. The van der Waals surface area contributed by atoms with E-state index in [1.807, 2.05) is 11.3 Å². The molecule has 62 heavy (non-hydrogen) atoms. The highest BCUT2D eigenvalue weighted by molar-refractivity contribution is 7.26. The molecule has 288 valence electrons. The van der Waals surface area contributed by atoms with E-state index in [-0.39, 0.29) is 0 Å². The van der Waals surface area contributed by atoms with Gasteiger partial charge in [-0.05, 0) is 103 Å². The molecule has 0 bridgehead atoms. The SMILES string of the molecule is c1ccc([Si](c2ccc(-n3c4cccc5ccc6cccc3c6c54)cc2)(c2ccc(-n3c4cccc5ccc6cccc3c6c54)cc2)c2ccc3sc4ccccc4c3c2)cc1. The first-order chi connectivity index (χ1) is 30.7. The maximum absolute atomic E-state index is 2.96. The third kappa shape index (κ3) is 4.57. The molecular formula is C58H36N2SSi. The summed E-state index contributed by atoms with van der Waals surface area (Å²) in [6.07, 6.45) is 0. The second kappa shape index (κ2) is 12.8. The molecule has 0 N–H and O–H groups in total. The first kappa shape index (κ1) is 34.2. The van der Waals surface area contributed by atoms with E-state index in [0.717, 1.165) is 0 Å². The summed E-state index contributed by atoms with van der Waals surface area (Å²) in [7, 11) is -2.96. The molecule has 0 aliphatic carbocycles. The number of benzene rings is 11. The van der Waals surface area contributed by atoms with Gasteiger partial charge in [0.2, 0.25) is 0 Å². The lowest BCUT2D eigenvalue weighted by Gasteiger charge is -2.35. The Labute approximate surface area is 362 Å². The van der Waals surface area contributed by atoms with Crippen LogP contribution in [0.3, 0.4) is 0 Å². The number of thiophene rings is 1. The molecule has 0 unspecified atom stereocenters. The molecule has 11 aromatic carbocycles. The van der Waals surface area contributed by atoms with Crippen molar-refractivity contribution < 1.29 is 0 Å². The van der Waals surface area contributed by atoms with Crippen LogP contribution in [0.4, 0.5) is 0 Å². The van der Waals surface area contributed by atoms with Crippen LogP contribution in [0.25, 0.3) is 96.7 Å². The van der Waals surface area contributed by atoms with Crippen LogP contribution in [-0.2, 0) is 0 Å². The van der Waals surface area contributed by atoms with Crippen LogP contribution in [0.1, 0.15) is 0 Å². The zero-order valence-electron chi connectivity index (χ0n) is 33.6. The van der Waals surface area contributed by atoms with Crippen molar-refractivity contribution in [1.29, 1.82) is 0 Å². The van der Waals surface area contributed by atoms with E-state index >= 15 is 0 Å². The van der Waals surface area contributed by atoms with Gasteiger partial charge in [0, 0.05) is 53.1 Å². The van der Waals surface area contributed by atoms with Gasteiger partial charge >= 0.3 is 0 Å². The van der Waals surface area contributed by atoms with Gasteiger partial charge in [-0.1, -0.05) is 158 Å². The van der Waals surface area contributed by atoms with Crippen LogP contribution in [-0.4, -0.2) is 17.2 Å². The molecule has 0 spiro atoms. The fourth-order valence-electron chi connectivity index (χ4n) is 11.2.